The molecular weight excluding hydrogens is 444 g/mol. The third kappa shape index (κ3) is 4.08. The van der Waals surface area contributed by atoms with E-state index in [0.717, 1.165) is 36.9 Å². The molecule has 4 rings (SSSR count). The SMILES string of the molecule is Nc1ncnc2c1nc(SC1CC(=O)C(=O)CC1Br)n2CCC1CCNCC1. The molecule has 1 saturated heterocycles. The molecule has 2 aromatic rings. The van der Waals surface area contributed by atoms with Gasteiger partial charge in [-0.1, -0.05) is 27.7 Å². The summed E-state index contributed by atoms with van der Waals surface area (Å²) in [6, 6.07) is 0. The number of carbonyl (C=O) groups excluding carboxylic acids is 2. The van der Waals surface area contributed by atoms with Gasteiger partial charge in [0, 0.05) is 29.5 Å². The molecule has 28 heavy (non-hydrogen) atoms. The van der Waals surface area contributed by atoms with E-state index < -0.39 is 0 Å². The Hall–Kier alpha value is -1.52. The van der Waals surface area contributed by atoms with Crippen LogP contribution in [0.15, 0.2) is 11.5 Å². The van der Waals surface area contributed by atoms with Crippen molar-refractivity contribution in [3.05, 3.63) is 6.33 Å². The van der Waals surface area contributed by atoms with Gasteiger partial charge in [-0.25, -0.2) is 15.0 Å². The molecule has 0 aromatic carbocycles. The number of hydrogen-bond donors (Lipinski definition) is 2. The molecule has 2 unspecified atom stereocenters. The number of nitrogen functional groups attached to an aromatic ring is 1. The molecule has 0 spiro atoms. The number of halogens is 1. The minimum absolute atomic E-state index is 0.0474. The standard InChI is InChI=1S/C18H23BrN6O2S/c19-11-7-12(26)13(27)8-14(11)28-18-24-15-16(20)22-9-23-17(15)25(18)6-3-10-1-4-21-5-2-10/h9-11,14,21H,1-8H2,(H2,20,22,23). The van der Waals surface area contributed by atoms with Gasteiger partial charge in [0.15, 0.2) is 33.7 Å². The molecule has 3 N–H and O–H groups in total. The van der Waals surface area contributed by atoms with Crippen LogP contribution in [0, 0.1) is 5.92 Å². The lowest BCUT2D eigenvalue weighted by atomic mass is 9.95. The van der Waals surface area contributed by atoms with Gasteiger partial charge in [-0.3, -0.25) is 9.59 Å². The van der Waals surface area contributed by atoms with E-state index in [4.69, 9.17) is 10.7 Å². The Morgan fingerprint density at radius 3 is 2.75 bits per heavy atom. The van der Waals surface area contributed by atoms with Crippen molar-refractivity contribution in [2.24, 2.45) is 5.92 Å². The predicted molar refractivity (Wildman–Crippen MR) is 112 cm³/mol. The van der Waals surface area contributed by atoms with Crippen LogP contribution in [0.5, 0.6) is 0 Å². The minimum Gasteiger partial charge on any atom is -0.382 e. The first kappa shape index (κ1) is 19.8. The van der Waals surface area contributed by atoms with Gasteiger partial charge in [-0.2, -0.15) is 0 Å². The van der Waals surface area contributed by atoms with E-state index in [2.05, 4.69) is 35.8 Å². The molecule has 0 bridgehead atoms. The van der Waals surface area contributed by atoms with E-state index in [1.54, 1.807) is 0 Å². The van der Waals surface area contributed by atoms with Crippen LogP contribution < -0.4 is 11.1 Å². The normalized spacial score (nSPS) is 24.2. The molecule has 2 fully saturated rings. The molecule has 0 amide bonds. The maximum absolute atomic E-state index is 11.9. The summed E-state index contributed by atoms with van der Waals surface area (Å²) in [5.41, 5.74) is 7.35. The number of rotatable bonds is 5. The molecule has 150 valence electrons. The Labute approximate surface area is 175 Å². The van der Waals surface area contributed by atoms with Crippen LogP contribution in [0.25, 0.3) is 11.2 Å². The van der Waals surface area contributed by atoms with Crippen molar-refractivity contribution in [1.82, 2.24) is 24.8 Å². The molecule has 0 radical (unpaired) electrons. The molecule has 2 aromatic heterocycles. The van der Waals surface area contributed by atoms with Crippen molar-refractivity contribution in [2.75, 3.05) is 18.8 Å². The lowest BCUT2D eigenvalue weighted by Crippen LogP contribution is -2.34. The summed E-state index contributed by atoms with van der Waals surface area (Å²) in [7, 11) is 0. The number of ketones is 2. The fraction of sp³-hybridized carbons (Fsp3) is 0.611. The number of alkyl halides is 1. The average molecular weight is 467 g/mol. The zero-order valence-electron chi connectivity index (χ0n) is 15.4. The maximum atomic E-state index is 11.9. The van der Waals surface area contributed by atoms with Crippen LogP contribution >= 0.6 is 27.7 Å². The molecule has 8 nitrogen and oxygen atoms in total. The summed E-state index contributed by atoms with van der Waals surface area (Å²) in [6.45, 7) is 2.93. The van der Waals surface area contributed by atoms with Crippen molar-refractivity contribution in [3.63, 3.8) is 0 Å². The number of nitrogens with one attached hydrogen (secondary N) is 1. The Balaban J connectivity index is 1.60. The second kappa shape index (κ2) is 8.46. The molecule has 10 heteroatoms. The molecule has 2 atom stereocenters. The molecule has 3 heterocycles. The summed E-state index contributed by atoms with van der Waals surface area (Å²) in [4.78, 5) is 36.7. The number of fused-ring (bicyclic) bond motifs is 1. The third-order valence-corrected chi connectivity index (χ3v) is 8.12. The zero-order chi connectivity index (χ0) is 19.7. The number of piperidine rings is 1. The topological polar surface area (TPSA) is 116 Å². The Morgan fingerprint density at radius 2 is 1.96 bits per heavy atom. The molecular formula is C18H23BrN6O2S. The first-order valence-electron chi connectivity index (χ1n) is 9.57. The van der Waals surface area contributed by atoms with Crippen LogP contribution in [0.4, 0.5) is 5.82 Å². The number of hydrogen-bond acceptors (Lipinski definition) is 8. The van der Waals surface area contributed by atoms with Gasteiger partial charge >= 0.3 is 0 Å². The zero-order valence-corrected chi connectivity index (χ0v) is 17.8. The van der Waals surface area contributed by atoms with Crippen LogP contribution in [-0.4, -0.2) is 54.3 Å². The van der Waals surface area contributed by atoms with Crippen LogP contribution in [0.2, 0.25) is 0 Å². The first-order chi connectivity index (χ1) is 13.5. The monoisotopic (exact) mass is 466 g/mol. The number of nitrogens with zero attached hydrogens (tertiary/aromatic N) is 4. The quantitative estimate of drug-likeness (QED) is 0.507. The van der Waals surface area contributed by atoms with E-state index in [0.29, 0.717) is 17.3 Å². The van der Waals surface area contributed by atoms with Gasteiger partial charge in [-0.05, 0) is 38.3 Å². The fourth-order valence-electron chi connectivity index (χ4n) is 3.81. The Morgan fingerprint density at radius 1 is 1.21 bits per heavy atom. The summed E-state index contributed by atoms with van der Waals surface area (Å²) >= 11 is 5.10. The summed E-state index contributed by atoms with van der Waals surface area (Å²) < 4.78 is 2.10. The summed E-state index contributed by atoms with van der Waals surface area (Å²) in [5, 5.41) is 4.14. The Kier molecular flexibility index (Phi) is 5.98. The van der Waals surface area contributed by atoms with Gasteiger partial charge < -0.3 is 15.6 Å². The number of aromatic nitrogens is 4. The lowest BCUT2D eigenvalue weighted by molar-refractivity contribution is -0.137. The van der Waals surface area contributed by atoms with Crippen LogP contribution in [0.1, 0.15) is 32.1 Å². The number of nitrogens with two attached hydrogens (primary N) is 1. The van der Waals surface area contributed by atoms with E-state index in [1.807, 2.05) is 0 Å². The number of anilines is 1. The fourth-order valence-corrected chi connectivity index (χ4v) is 5.81. The van der Waals surface area contributed by atoms with Crippen molar-refractivity contribution < 1.29 is 9.59 Å². The highest BCUT2D eigenvalue weighted by atomic mass is 79.9. The third-order valence-electron chi connectivity index (χ3n) is 5.48. The Bertz CT molecular complexity index is 898. The molecule has 1 aliphatic carbocycles. The van der Waals surface area contributed by atoms with E-state index in [1.165, 1.54) is 30.9 Å². The molecule has 1 aliphatic heterocycles. The smallest absolute Gasteiger partial charge is 0.199 e. The van der Waals surface area contributed by atoms with Crippen LogP contribution in [0.3, 0.4) is 0 Å². The highest BCUT2D eigenvalue weighted by molar-refractivity contribution is 9.09. The van der Waals surface area contributed by atoms with Crippen molar-refractivity contribution in [3.8, 4) is 0 Å². The lowest BCUT2D eigenvalue weighted by Gasteiger charge is -2.25. The van der Waals surface area contributed by atoms with Gasteiger partial charge in [0.2, 0.25) is 0 Å². The van der Waals surface area contributed by atoms with Crippen molar-refractivity contribution in [1.29, 1.82) is 0 Å². The predicted octanol–water partition coefficient (Wildman–Crippen LogP) is 1.95. The summed E-state index contributed by atoms with van der Waals surface area (Å²) in [5.74, 6) is 0.435. The number of thioether (sulfide) groups is 1. The number of Topliss-reactive ketones (excluding diaryl/α,β-unsaturated/α-hetero) is 2. The second-order valence-corrected chi connectivity index (χ2v) is 9.77. The van der Waals surface area contributed by atoms with E-state index in [-0.39, 0.29) is 34.5 Å². The highest BCUT2D eigenvalue weighted by Gasteiger charge is 2.35. The van der Waals surface area contributed by atoms with Gasteiger partial charge in [0.1, 0.15) is 6.33 Å². The number of imidazole rings is 1. The van der Waals surface area contributed by atoms with E-state index in [9.17, 15) is 9.59 Å². The number of carbonyl (C=O) groups is 2. The van der Waals surface area contributed by atoms with Crippen molar-refractivity contribution in [2.45, 2.75) is 53.9 Å². The second-order valence-electron chi connectivity index (χ2n) is 7.39. The first-order valence-corrected chi connectivity index (χ1v) is 11.4. The van der Waals surface area contributed by atoms with Crippen LogP contribution in [-0.2, 0) is 16.1 Å². The molecule has 2 aliphatic rings. The average Bonchev–Trinajstić information content (AvgIpc) is 3.04. The molecule has 1 saturated carbocycles. The van der Waals surface area contributed by atoms with Gasteiger partial charge in [0.25, 0.3) is 0 Å². The highest BCUT2D eigenvalue weighted by Crippen LogP contribution is 2.37. The number of aryl methyl sites for hydroxylation is 1. The van der Waals surface area contributed by atoms with E-state index >= 15 is 0 Å². The largest absolute Gasteiger partial charge is 0.382 e. The maximum Gasteiger partial charge on any atom is 0.199 e. The van der Waals surface area contributed by atoms with Gasteiger partial charge in [0.05, 0.1) is 0 Å². The summed E-state index contributed by atoms with van der Waals surface area (Å²) in [6.07, 6.45) is 5.31. The minimum atomic E-state index is -0.301. The van der Waals surface area contributed by atoms with Gasteiger partial charge in [-0.15, -0.1) is 0 Å². The van der Waals surface area contributed by atoms with Crippen molar-refractivity contribution >= 4 is 56.2 Å².